The molecule has 4 fully saturated rings. The van der Waals surface area contributed by atoms with Gasteiger partial charge in [-0.3, -0.25) is 0 Å². The molecule has 0 aromatic carbocycles. The Labute approximate surface area is 113 Å². The maximum absolute atomic E-state index is 6.77. The van der Waals surface area contributed by atoms with Gasteiger partial charge in [0.25, 0.3) is 0 Å². The summed E-state index contributed by atoms with van der Waals surface area (Å²) in [4.78, 5) is 0. The van der Waals surface area contributed by atoms with E-state index >= 15 is 0 Å². The molecule has 1 heteroatoms. The van der Waals surface area contributed by atoms with Crippen molar-refractivity contribution in [1.29, 1.82) is 0 Å². The number of hydrogen-bond acceptors (Lipinski definition) is 1. The Bertz CT molecular complexity index is 346. The standard InChI is InChI=1S/C17H31N/c1-14(2,3)13(18)17-8-12-6-15(4,10-17)9-16(5,7-12)11-17/h12-13H,6-11,18H2,1-5H3. The molecule has 4 saturated carbocycles. The van der Waals surface area contributed by atoms with Gasteiger partial charge in [0.15, 0.2) is 0 Å². The molecule has 0 heterocycles. The minimum atomic E-state index is 0.248. The minimum Gasteiger partial charge on any atom is -0.327 e. The van der Waals surface area contributed by atoms with Crippen LogP contribution in [0.5, 0.6) is 0 Å². The van der Waals surface area contributed by atoms with Crippen LogP contribution < -0.4 is 5.73 Å². The lowest BCUT2D eigenvalue weighted by Crippen LogP contribution is -2.63. The van der Waals surface area contributed by atoms with Crippen LogP contribution in [-0.4, -0.2) is 6.04 Å². The van der Waals surface area contributed by atoms with Gasteiger partial charge >= 0.3 is 0 Å². The first-order chi connectivity index (χ1) is 8.06. The van der Waals surface area contributed by atoms with Gasteiger partial charge in [0.05, 0.1) is 0 Å². The quantitative estimate of drug-likeness (QED) is 0.734. The number of rotatable bonds is 1. The van der Waals surface area contributed by atoms with E-state index in [0.29, 0.717) is 22.3 Å². The third-order valence-corrected chi connectivity index (χ3v) is 6.26. The highest BCUT2D eigenvalue weighted by atomic mass is 14.8. The molecule has 0 aromatic rings. The molecule has 0 spiro atoms. The van der Waals surface area contributed by atoms with Gasteiger partial charge in [-0.15, -0.1) is 0 Å². The van der Waals surface area contributed by atoms with Gasteiger partial charge in [0.1, 0.15) is 0 Å². The van der Waals surface area contributed by atoms with Gasteiger partial charge in [-0.2, -0.15) is 0 Å². The van der Waals surface area contributed by atoms with E-state index in [1.54, 1.807) is 0 Å². The molecule has 3 unspecified atom stereocenters. The Morgan fingerprint density at radius 2 is 1.44 bits per heavy atom. The summed E-state index contributed by atoms with van der Waals surface area (Å²) in [6.45, 7) is 12.1. The van der Waals surface area contributed by atoms with Crippen LogP contribution in [-0.2, 0) is 0 Å². The fraction of sp³-hybridized carbons (Fsp3) is 1.00. The summed E-state index contributed by atoms with van der Waals surface area (Å²) < 4.78 is 0. The molecule has 4 bridgehead atoms. The van der Waals surface area contributed by atoms with Gasteiger partial charge in [-0.05, 0) is 66.1 Å². The third kappa shape index (κ3) is 1.77. The average Bonchev–Trinajstić information content (AvgIpc) is 2.08. The van der Waals surface area contributed by atoms with Crippen molar-refractivity contribution in [3.8, 4) is 0 Å². The SMILES string of the molecule is CC12CC3CC(C)(C1)CC(C(N)C(C)(C)C)(C3)C2. The Hall–Kier alpha value is -0.0400. The number of nitrogens with two attached hydrogens (primary N) is 1. The van der Waals surface area contributed by atoms with Crippen LogP contribution in [0.4, 0.5) is 0 Å². The summed E-state index contributed by atoms with van der Waals surface area (Å²) in [6.07, 6.45) is 8.60. The molecule has 104 valence electrons. The van der Waals surface area contributed by atoms with E-state index in [0.717, 1.165) is 5.92 Å². The molecule has 0 aliphatic heterocycles. The highest BCUT2D eigenvalue weighted by Crippen LogP contribution is 2.71. The topological polar surface area (TPSA) is 26.0 Å². The molecule has 0 saturated heterocycles. The molecular formula is C17H31N. The van der Waals surface area contributed by atoms with Crippen LogP contribution in [0, 0.1) is 27.6 Å². The van der Waals surface area contributed by atoms with E-state index in [2.05, 4.69) is 34.6 Å². The van der Waals surface area contributed by atoms with E-state index in [4.69, 9.17) is 5.73 Å². The summed E-state index contributed by atoms with van der Waals surface area (Å²) in [5.41, 5.74) is 8.65. The Morgan fingerprint density at radius 3 is 1.83 bits per heavy atom. The molecule has 2 N–H and O–H groups in total. The van der Waals surface area contributed by atoms with E-state index in [1.807, 2.05) is 0 Å². The minimum absolute atomic E-state index is 0.248. The zero-order valence-electron chi connectivity index (χ0n) is 13.0. The fourth-order valence-corrected chi connectivity index (χ4v) is 6.80. The van der Waals surface area contributed by atoms with Gasteiger partial charge < -0.3 is 5.73 Å². The normalized spacial score (nSPS) is 52.7. The molecule has 0 amide bonds. The number of hydrogen-bond donors (Lipinski definition) is 1. The maximum atomic E-state index is 6.77. The monoisotopic (exact) mass is 249 g/mol. The first-order valence-electron chi connectivity index (χ1n) is 7.82. The smallest absolute Gasteiger partial charge is 0.0145 e. The molecule has 18 heavy (non-hydrogen) atoms. The van der Waals surface area contributed by atoms with E-state index < -0.39 is 0 Å². The van der Waals surface area contributed by atoms with Crippen molar-refractivity contribution >= 4 is 0 Å². The highest BCUT2D eigenvalue weighted by Gasteiger charge is 2.62. The first kappa shape index (κ1) is 13.0. The molecular weight excluding hydrogens is 218 g/mol. The largest absolute Gasteiger partial charge is 0.327 e. The summed E-state index contributed by atoms with van der Waals surface area (Å²) in [5.74, 6) is 0.963. The highest BCUT2D eigenvalue weighted by molar-refractivity contribution is 5.14. The molecule has 0 aromatic heterocycles. The van der Waals surface area contributed by atoms with Crippen LogP contribution in [0.3, 0.4) is 0 Å². The van der Waals surface area contributed by atoms with Crippen molar-refractivity contribution in [3.05, 3.63) is 0 Å². The Morgan fingerprint density at radius 1 is 0.944 bits per heavy atom. The second-order valence-corrected chi connectivity index (χ2v) is 9.84. The summed E-state index contributed by atoms with van der Waals surface area (Å²) in [7, 11) is 0. The summed E-state index contributed by atoms with van der Waals surface area (Å²) in [5, 5.41) is 0. The molecule has 3 atom stereocenters. The van der Waals surface area contributed by atoms with E-state index in [9.17, 15) is 0 Å². The van der Waals surface area contributed by atoms with E-state index in [1.165, 1.54) is 38.5 Å². The second kappa shape index (κ2) is 3.34. The Balaban J connectivity index is 1.99. The fourth-order valence-electron chi connectivity index (χ4n) is 6.80. The summed E-state index contributed by atoms with van der Waals surface area (Å²) >= 11 is 0. The lowest BCUT2D eigenvalue weighted by atomic mass is 9.38. The predicted octanol–water partition coefficient (Wildman–Crippen LogP) is 4.36. The Kier molecular flexibility index (Phi) is 2.41. The van der Waals surface area contributed by atoms with Crippen molar-refractivity contribution in [3.63, 3.8) is 0 Å². The van der Waals surface area contributed by atoms with Crippen LogP contribution in [0.15, 0.2) is 0 Å². The van der Waals surface area contributed by atoms with Crippen LogP contribution in [0.1, 0.15) is 73.1 Å². The van der Waals surface area contributed by atoms with Crippen molar-refractivity contribution in [2.75, 3.05) is 0 Å². The third-order valence-electron chi connectivity index (χ3n) is 6.26. The van der Waals surface area contributed by atoms with Gasteiger partial charge in [-0.25, -0.2) is 0 Å². The van der Waals surface area contributed by atoms with Crippen molar-refractivity contribution < 1.29 is 0 Å². The zero-order chi connectivity index (χ0) is 13.4. The second-order valence-electron chi connectivity index (χ2n) is 9.84. The van der Waals surface area contributed by atoms with Crippen molar-refractivity contribution in [2.45, 2.75) is 79.2 Å². The van der Waals surface area contributed by atoms with Crippen molar-refractivity contribution in [2.24, 2.45) is 33.3 Å². The zero-order valence-corrected chi connectivity index (χ0v) is 13.0. The van der Waals surface area contributed by atoms with Crippen LogP contribution in [0.2, 0.25) is 0 Å². The first-order valence-corrected chi connectivity index (χ1v) is 7.82. The van der Waals surface area contributed by atoms with Crippen LogP contribution >= 0.6 is 0 Å². The lowest BCUT2D eigenvalue weighted by Gasteiger charge is -2.68. The van der Waals surface area contributed by atoms with E-state index in [-0.39, 0.29) is 5.41 Å². The van der Waals surface area contributed by atoms with Gasteiger partial charge in [0, 0.05) is 6.04 Å². The molecule has 0 radical (unpaired) electrons. The summed E-state index contributed by atoms with van der Waals surface area (Å²) in [6, 6.07) is 0.368. The molecule has 1 nitrogen and oxygen atoms in total. The average molecular weight is 249 g/mol. The predicted molar refractivity (Wildman–Crippen MR) is 77.3 cm³/mol. The maximum Gasteiger partial charge on any atom is 0.0145 e. The van der Waals surface area contributed by atoms with Gasteiger partial charge in [0.2, 0.25) is 0 Å². The molecule has 4 aliphatic carbocycles. The van der Waals surface area contributed by atoms with Crippen molar-refractivity contribution in [1.82, 2.24) is 0 Å². The molecule has 4 rings (SSSR count). The molecule has 4 aliphatic rings. The lowest BCUT2D eigenvalue weighted by molar-refractivity contribution is -0.164. The van der Waals surface area contributed by atoms with Crippen LogP contribution in [0.25, 0.3) is 0 Å². The van der Waals surface area contributed by atoms with Gasteiger partial charge in [-0.1, -0.05) is 34.6 Å².